The van der Waals surface area contributed by atoms with Crippen LogP contribution in [0.2, 0.25) is 0 Å². The van der Waals surface area contributed by atoms with E-state index in [4.69, 9.17) is 4.74 Å². The first-order valence-electron chi connectivity index (χ1n) is 7.59. The summed E-state index contributed by atoms with van der Waals surface area (Å²) in [6, 6.07) is 1.95. The molecule has 2 N–H and O–H groups in total. The molecule has 0 unspecified atom stereocenters. The van der Waals surface area contributed by atoms with Gasteiger partial charge in [-0.05, 0) is 32.6 Å². The molecule has 0 saturated carbocycles. The molecule has 1 heterocycles. The van der Waals surface area contributed by atoms with E-state index in [-0.39, 0.29) is 0 Å². The fraction of sp³-hybridized carbons (Fsp3) is 0.733. The van der Waals surface area contributed by atoms with Crippen molar-refractivity contribution in [2.45, 2.75) is 47.1 Å². The summed E-state index contributed by atoms with van der Waals surface area (Å²) in [5.41, 5.74) is 0. The summed E-state index contributed by atoms with van der Waals surface area (Å²) in [6.07, 6.45) is 2.38. The van der Waals surface area contributed by atoms with Crippen molar-refractivity contribution in [2.75, 3.05) is 30.3 Å². The molecule has 0 spiro atoms. The zero-order valence-electron chi connectivity index (χ0n) is 13.2. The molecule has 20 heavy (non-hydrogen) atoms. The number of anilines is 2. The molecule has 5 nitrogen and oxygen atoms in total. The van der Waals surface area contributed by atoms with Crippen molar-refractivity contribution < 1.29 is 4.74 Å². The fourth-order valence-corrected chi connectivity index (χ4v) is 1.84. The number of rotatable bonds is 10. The van der Waals surface area contributed by atoms with Gasteiger partial charge in [-0.1, -0.05) is 13.8 Å². The van der Waals surface area contributed by atoms with Gasteiger partial charge in [0.2, 0.25) is 0 Å². The highest BCUT2D eigenvalue weighted by molar-refractivity contribution is 5.47. The largest absolute Gasteiger partial charge is 0.374 e. The lowest BCUT2D eigenvalue weighted by atomic mass is 10.1. The summed E-state index contributed by atoms with van der Waals surface area (Å²) in [7, 11) is 0. The van der Waals surface area contributed by atoms with E-state index in [9.17, 15) is 0 Å². The van der Waals surface area contributed by atoms with E-state index in [2.05, 4.69) is 41.4 Å². The molecule has 114 valence electrons. The molecular formula is C15H28N4O. The van der Waals surface area contributed by atoms with Crippen LogP contribution in [-0.2, 0) is 11.3 Å². The van der Waals surface area contributed by atoms with E-state index in [1.54, 1.807) is 0 Å². The number of ether oxygens (including phenoxy) is 1. The van der Waals surface area contributed by atoms with E-state index in [0.29, 0.717) is 13.2 Å². The Balaban J connectivity index is 2.60. The molecule has 0 radical (unpaired) electrons. The molecule has 5 heteroatoms. The van der Waals surface area contributed by atoms with Crippen LogP contribution < -0.4 is 10.6 Å². The van der Waals surface area contributed by atoms with Gasteiger partial charge in [0, 0.05) is 25.8 Å². The second-order valence-electron chi connectivity index (χ2n) is 5.18. The lowest BCUT2D eigenvalue weighted by Gasteiger charge is -2.11. The summed E-state index contributed by atoms with van der Waals surface area (Å²) >= 11 is 0. The van der Waals surface area contributed by atoms with Crippen molar-refractivity contribution in [1.82, 2.24) is 9.97 Å². The van der Waals surface area contributed by atoms with Crippen LogP contribution in [0, 0.1) is 5.92 Å². The van der Waals surface area contributed by atoms with Crippen molar-refractivity contribution in [3.63, 3.8) is 0 Å². The van der Waals surface area contributed by atoms with Gasteiger partial charge in [-0.2, -0.15) is 0 Å². The van der Waals surface area contributed by atoms with Gasteiger partial charge in [0.05, 0.1) is 0 Å². The molecule has 0 fully saturated rings. The number of hydrogen-bond donors (Lipinski definition) is 2. The van der Waals surface area contributed by atoms with Gasteiger partial charge in [0.15, 0.2) is 5.82 Å². The second-order valence-corrected chi connectivity index (χ2v) is 5.18. The SMILES string of the molecule is CCNc1cc(NCCCC(C)C)nc(COCC)n1. The Morgan fingerprint density at radius 2 is 1.85 bits per heavy atom. The average Bonchev–Trinajstić information content (AvgIpc) is 2.41. The Hall–Kier alpha value is -1.36. The van der Waals surface area contributed by atoms with Crippen LogP contribution in [0.1, 0.15) is 46.4 Å². The molecule has 1 aromatic heterocycles. The smallest absolute Gasteiger partial charge is 0.158 e. The van der Waals surface area contributed by atoms with Crippen molar-refractivity contribution in [2.24, 2.45) is 5.92 Å². The number of nitrogens with zero attached hydrogens (tertiary/aromatic N) is 2. The molecule has 1 aromatic rings. The minimum absolute atomic E-state index is 0.455. The minimum atomic E-state index is 0.455. The Labute approximate surface area is 122 Å². The zero-order valence-corrected chi connectivity index (χ0v) is 13.2. The van der Waals surface area contributed by atoms with Gasteiger partial charge in [-0.25, -0.2) is 9.97 Å². The Morgan fingerprint density at radius 1 is 1.15 bits per heavy atom. The van der Waals surface area contributed by atoms with Crippen LogP contribution in [0.15, 0.2) is 6.07 Å². The maximum Gasteiger partial charge on any atom is 0.158 e. The third kappa shape index (κ3) is 6.70. The number of nitrogens with one attached hydrogen (secondary N) is 2. The molecule has 0 aliphatic rings. The highest BCUT2D eigenvalue weighted by atomic mass is 16.5. The zero-order chi connectivity index (χ0) is 14.8. The van der Waals surface area contributed by atoms with Crippen LogP contribution in [0.3, 0.4) is 0 Å². The summed E-state index contributed by atoms with van der Waals surface area (Å²) < 4.78 is 5.38. The summed E-state index contributed by atoms with van der Waals surface area (Å²) in [6.45, 7) is 11.4. The number of aromatic nitrogens is 2. The minimum Gasteiger partial charge on any atom is -0.374 e. The van der Waals surface area contributed by atoms with Gasteiger partial charge in [-0.3, -0.25) is 0 Å². The summed E-state index contributed by atoms with van der Waals surface area (Å²) in [5, 5.41) is 6.60. The van der Waals surface area contributed by atoms with E-state index >= 15 is 0 Å². The van der Waals surface area contributed by atoms with Crippen LogP contribution in [0.4, 0.5) is 11.6 Å². The maximum absolute atomic E-state index is 5.38. The highest BCUT2D eigenvalue weighted by Gasteiger charge is 2.04. The standard InChI is InChI=1S/C15H28N4O/c1-5-16-13-10-14(17-9-7-8-12(3)4)19-15(18-13)11-20-6-2/h10,12H,5-9,11H2,1-4H3,(H2,16,17,18,19). The molecule has 0 atom stereocenters. The van der Waals surface area contributed by atoms with Crippen molar-refractivity contribution in [3.05, 3.63) is 11.9 Å². The lowest BCUT2D eigenvalue weighted by Crippen LogP contribution is -2.10. The third-order valence-corrected chi connectivity index (χ3v) is 2.83. The summed E-state index contributed by atoms with van der Waals surface area (Å²) in [4.78, 5) is 8.91. The van der Waals surface area contributed by atoms with E-state index in [1.165, 1.54) is 6.42 Å². The quantitative estimate of drug-likeness (QED) is 0.644. The topological polar surface area (TPSA) is 59.1 Å². The Kier molecular flexibility index (Phi) is 7.95. The van der Waals surface area contributed by atoms with Gasteiger partial charge in [0.25, 0.3) is 0 Å². The third-order valence-electron chi connectivity index (χ3n) is 2.83. The van der Waals surface area contributed by atoms with Crippen molar-refractivity contribution in [3.8, 4) is 0 Å². The molecule has 0 amide bonds. The highest BCUT2D eigenvalue weighted by Crippen LogP contribution is 2.13. The van der Waals surface area contributed by atoms with Gasteiger partial charge >= 0.3 is 0 Å². The van der Waals surface area contributed by atoms with Crippen molar-refractivity contribution in [1.29, 1.82) is 0 Å². The van der Waals surface area contributed by atoms with Crippen LogP contribution in [0.25, 0.3) is 0 Å². The van der Waals surface area contributed by atoms with Gasteiger partial charge in [-0.15, -0.1) is 0 Å². The molecule has 0 saturated heterocycles. The molecule has 0 bridgehead atoms. The Bertz CT molecular complexity index is 382. The first-order valence-corrected chi connectivity index (χ1v) is 7.59. The predicted octanol–water partition coefficient (Wildman–Crippen LogP) is 3.29. The molecule has 0 aromatic carbocycles. The van der Waals surface area contributed by atoms with Crippen LogP contribution in [-0.4, -0.2) is 29.7 Å². The second kappa shape index (κ2) is 9.53. The van der Waals surface area contributed by atoms with Crippen molar-refractivity contribution >= 4 is 11.6 Å². The van der Waals surface area contributed by atoms with Gasteiger partial charge in [0.1, 0.15) is 18.2 Å². The monoisotopic (exact) mass is 280 g/mol. The van der Waals surface area contributed by atoms with Crippen LogP contribution >= 0.6 is 0 Å². The fourth-order valence-electron chi connectivity index (χ4n) is 1.84. The van der Waals surface area contributed by atoms with Gasteiger partial charge < -0.3 is 15.4 Å². The van der Waals surface area contributed by atoms with E-state index in [1.807, 2.05) is 13.0 Å². The first-order chi connectivity index (χ1) is 9.65. The molecular weight excluding hydrogens is 252 g/mol. The Morgan fingerprint density at radius 3 is 2.45 bits per heavy atom. The molecule has 1 rings (SSSR count). The lowest BCUT2D eigenvalue weighted by molar-refractivity contribution is 0.128. The molecule has 0 aliphatic carbocycles. The average molecular weight is 280 g/mol. The normalized spacial score (nSPS) is 10.8. The predicted molar refractivity (Wildman–Crippen MR) is 84.1 cm³/mol. The van der Waals surface area contributed by atoms with Crippen LogP contribution in [0.5, 0.6) is 0 Å². The van der Waals surface area contributed by atoms with E-state index < -0.39 is 0 Å². The van der Waals surface area contributed by atoms with E-state index in [0.717, 1.165) is 42.9 Å². The summed E-state index contributed by atoms with van der Waals surface area (Å²) in [5.74, 6) is 3.18. The molecule has 0 aliphatic heterocycles. The maximum atomic E-state index is 5.38. The number of hydrogen-bond acceptors (Lipinski definition) is 5. The first kappa shape index (κ1) is 16.7.